The lowest BCUT2D eigenvalue weighted by molar-refractivity contribution is 0.0187. The van der Waals surface area contributed by atoms with Crippen molar-refractivity contribution in [2.24, 2.45) is 0 Å². The Kier molecular flexibility index (Phi) is 6.32. The monoisotopic (exact) mass is 345 g/mol. The van der Waals surface area contributed by atoms with Crippen LogP contribution in [0.2, 0.25) is 0 Å². The lowest BCUT2D eigenvalue weighted by Crippen LogP contribution is -2.55. The number of hydrogen-bond acceptors (Lipinski definition) is 3. The van der Waals surface area contributed by atoms with E-state index in [-0.39, 0.29) is 6.03 Å². The van der Waals surface area contributed by atoms with Crippen molar-refractivity contribution < 1.29 is 9.53 Å². The Morgan fingerprint density at radius 1 is 1.12 bits per heavy atom. The van der Waals surface area contributed by atoms with Crippen molar-refractivity contribution in [1.29, 1.82) is 0 Å². The second kappa shape index (κ2) is 8.68. The summed E-state index contributed by atoms with van der Waals surface area (Å²) in [6.45, 7) is 10.3. The fourth-order valence-corrected chi connectivity index (χ4v) is 3.99. The van der Waals surface area contributed by atoms with Gasteiger partial charge in [0, 0.05) is 52.0 Å². The Morgan fingerprint density at radius 2 is 1.76 bits per heavy atom. The van der Waals surface area contributed by atoms with Gasteiger partial charge in [-0.1, -0.05) is 18.2 Å². The first-order valence-electron chi connectivity index (χ1n) is 9.55. The third kappa shape index (κ3) is 4.73. The molecule has 5 heteroatoms. The Hall–Kier alpha value is -1.59. The van der Waals surface area contributed by atoms with Crippen molar-refractivity contribution in [2.75, 3.05) is 45.9 Å². The van der Waals surface area contributed by atoms with Gasteiger partial charge in [0.25, 0.3) is 0 Å². The van der Waals surface area contributed by atoms with Gasteiger partial charge in [-0.25, -0.2) is 4.79 Å². The number of aryl methyl sites for hydroxylation is 2. The molecule has 5 nitrogen and oxygen atoms in total. The molecular formula is C20H31N3O2. The Bertz CT molecular complexity index is 556. The molecule has 0 saturated carbocycles. The highest BCUT2D eigenvalue weighted by atomic mass is 16.5. The molecule has 1 aromatic carbocycles. The number of benzene rings is 1. The van der Waals surface area contributed by atoms with Crippen LogP contribution in [-0.4, -0.2) is 67.8 Å². The van der Waals surface area contributed by atoms with Gasteiger partial charge < -0.3 is 15.0 Å². The maximum absolute atomic E-state index is 12.4. The summed E-state index contributed by atoms with van der Waals surface area (Å²) in [6, 6.07) is 7.09. The normalized spacial score (nSPS) is 19.8. The first kappa shape index (κ1) is 18.2. The summed E-state index contributed by atoms with van der Waals surface area (Å²) in [7, 11) is 0. The van der Waals surface area contributed by atoms with Gasteiger partial charge in [0.1, 0.15) is 0 Å². The molecule has 2 aliphatic heterocycles. The predicted molar refractivity (Wildman–Crippen MR) is 100 cm³/mol. The molecule has 2 amide bonds. The van der Waals surface area contributed by atoms with Crippen LogP contribution in [0.25, 0.3) is 0 Å². The minimum absolute atomic E-state index is 0.0814. The number of ether oxygens (including phenoxy) is 1. The third-order valence-corrected chi connectivity index (χ3v) is 5.60. The zero-order chi connectivity index (χ0) is 17.6. The molecule has 2 saturated heterocycles. The van der Waals surface area contributed by atoms with Crippen LogP contribution in [0.1, 0.15) is 29.5 Å². The van der Waals surface area contributed by atoms with E-state index in [4.69, 9.17) is 4.74 Å². The average molecular weight is 345 g/mol. The molecule has 1 N–H and O–H groups in total. The van der Waals surface area contributed by atoms with Crippen molar-refractivity contribution >= 4 is 6.03 Å². The molecule has 2 fully saturated rings. The second-order valence-corrected chi connectivity index (χ2v) is 7.22. The molecule has 2 heterocycles. The standard InChI is InChI=1S/C20H31N3O2/c1-16-4-3-5-17(2)19(16)6-9-21-20(24)23-12-10-22(11-13-23)18-7-14-25-15-8-18/h3-5,18H,6-15H2,1-2H3,(H,21,24). The Morgan fingerprint density at radius 3 is 2.40 bits per heavy atom. The maximum atomic E-state index is 12.4. The molecule has 25 heavy (non-hydrogen) atoms. The quantitative estimate of drug-likeness (QED) is 0.911. The molecule has 1 aromatic rings. The van der Waals surface area contributed by atoms with Gasteiger partial charge in [-0.2, -0.15) is 0 Å². The van der Waals surface area contributed by atoms with Crippen LogP contribution in [0, 0.1) is 13.8 Å². The van der Waals surface area contributed by atoms with Crippen LogP contribution >= 0.6 is 0 Å². The molecule has 0 bridgehead atoms. The summed E-state index contributed by atoms with van der Waals surface area (Å²) in [6.07, 6.45) is 3.15. The van der Waals surface area contributed by atoms with E-state index in [9.17, 15) is 4.79 Å². The Labute approximate surface area is 151 Å². The summed E-state index contributed by atoms with van der Waals surface area (Å²) < 4.78 is 5.45. The van der Waals surface area contributed by atoms with Crippen molar-refractivity contribution in [1.82, 2.24) is 15.1 Å². The molecular weight excluding hydrogens is 314 g/mol. The number of piperazine rings is 1. The van der Waals surface area contributed by atoms with Crippen LogP contribution in [0.3, 0.4) is 0 Å². The molecule has 3 rings (SSSR count). The molecule has 2 aliphatic rings. The van der Waals surface area contributed by atoms with Gasteiger partial charge in [-0.3, -0.25) is 4.90 Å². The first-order valence-corrected chi connectivity index (χ1v) is 9.55. The topological polar surface area (TPSA) is 44.8 Å². The van der Waals surface area contributed by atoms with E-state index in [1.165, 1.54) is 16.7 Å². The SMILES string of the molecule is Cc1cccc(C)c1CCNC(=O)N1CCN(C2CCOCC2)CC1. The fraction of sp³-hybridized carbons (Fsp3) is 0.650. The molecule has 138 valence electrons. The number of nitrogens with zero attached hydrogens (tertiary/aromatic N) is 2. The van der Waals surface area contributed by atoms with Gasteiger partial charge in [0.2, 0.25) is 0 Å². The third-order valence-electron chi connectivity index (χ3n) is 5.60. The lowest BCUT2D eigenvalue weighted by atomic mass is 10.0. The summed E-state index contributed by atoms with van der Waals surface area (Å²) in [5.74, 6) is 0. The van der Waals surface area contributed by atoms with Crippen molar-refractivity contribution in [3.8, 4) is 0 Å². The maximum Gasteiger partial charge on any atom is 0.317 e. The van der Waals surface area contributed by atoms with E-state index in [0.717, 1.165) is 58.7 Å². The van der Waals surface area contributed by atoms with E-state index < -0.39 is 0 Å². The van der Waals surface area contributed by atoms with Gasteiger partial charge >= 0.3 is 6.03 Å². The van der Waals surface area contributed by atoms with Crippen molar-refractivity contribution in [3.05, 3.63) is 34.9 Å². The number of rotatable bonds is 4. The number of hydrogen-bond donors (Lipinski definition) is 1. The minimum atomic E-state index is 0.0814. The van der Waals surface area contributed by atoms with Crippen molar-refractivity contribution in [3.63, 3.8) is 0 Å². The highest BCUT2D eigenvalue weighted by Gasteiger charge is 2.27. The second-order valence-electron chi connectivity index (χ2n) is 7.22. The van der Waals surface area contributed by atoms with Gasteiger partial charge in [0.15, 0.2) is 0 Å². The molecule has 0 atom stereocenters. The largest absolute Gasteiger partial charge is 0.381 e. The minimum Gasteiger partial charge on any atom is -0.381 e. The average Bonchev–Trinajstić information content (AvgIpc) is 2.65. The summed E-state index contributed by atoms with van der Waals surface area (Å²) >= 11 is 0. The van der Waals surface area contributed by atoms with Gasteiger partial charge in [-0.05, 0) is 49.8 Å². The zero-order valence-corrected chi connectivity index (χ0v) is 15.6. The molecule has 0 aromatic heterocycles. The molecule has 0 aliphatic carbocycles. The van der Waals surface area contributed by atoms with Crippen LogP contribution in [0.5, 0.6) is 0 Å². The van der Waals surface area contributed by atoms with Crippen LogP contribution in [0.4, 0.5) is 4.79 Å². The number of urea groups is 1. The number of carbonyl (C=O) groups is 1. The van der Waals surface area contributed by atoms with Crippen LogP contribution in [0.15, 0.2) is 18.2 Å². The van der Waals surface area contributed by atoms with Crippen molar-refractivity contribution in [2.45, 2.75) is 39.2 Å². The highest BCUT2D eigenvalue weighted by Crippen LogP contribution is 2.17. The lowest BCUT2D eigenvalue weighted by Gasteiger charge is -2.40. The zero-order valence-electron chi connectivity index (χ0n) is 15.6. The summed E-state index contributed by atoms with van der Waals surface area (Å²) in [4.78, 5) is 16.9. The van der Waals surface area contributed by atoms with E-state index in [1.54, 1.807) is 0 Å². The van der Waals surface area contributed by atoms with Gasteiger partial charge in [-0.15, -0.1) is 0 Å². The summed E-state index contributed by atoms with van der Waals surface area (Å²) in [5.41, 5.74) is 3.96. The van der Waals surface area contributed by atoms with E-state index in [0.29, 0.717) is 12.6 Å². The van der Waals surface area contributed by atoms with E-state index in [1.807, 2.05) is 4.90 Å². The first-order chi connectivity index (χ1) is 12.1. The molecule has 0 radical (unpaired) electrons. The fourth-order valence-electron chi connectivity index (χ4n) is 3.99. The number of carbonyl (C=O) groups excluding carboxylic acids is 1. The highest BCUT2D eigenvalue weighted by molar-refractivity contribution is 5.74. The Balaban J connectivity index is 1.41. The van der Waals surface area contributed by atoms with E-state index >= 15 is 0 Å². The smallest absolute Gasteiger partial charge is 0.317 e. The number of amides is 2. The molecule has 0 unspecified atom stereocenters. The van der Waals surface area contributed by atoms with Gasteiger partial charge in [0.05, 0.1) is 0 Å². The number of nitrogens with one attached hydrogen (secondary N) is 1. The van der Waals surface area contributed by atoms with Crippen LogP contribution in [-0.2, 0) is 11.2 Å². The molecule has 0 spiro atoms. The summed E-state index contributed by atoms with van der Waals surface area (Å²) in [5, 5.41) is 3.10. The predicted octanol–water partition coefficient (Wildman–Crippen LogP) is 2.35. The van der Waals surface area contributed by atoms with Crippen LogP contribution < -0.4 is 5.32 Å². The van der Waals surface area contributed by atoms with E-state index in [2.05, 4.69) is 42.3 Å².